The fourth-order valence-corrected chi connectivity index (χ4v) is 1.73. The van der Waals surface area contributed by atoms with E-state index in [4.69, 9.17) is 0 Å². The highest BCUT2D eigenvalue weighted by Crippen LogP contribution is 2.21. The lowest BCUT2D eigenvalue weighted by Crippen LogP contribution is -2.04. The summed E-state index contributed by atoms with van der Waals surface area (Å²) in [7, 11) is 0. The fourth-order valence-electron chi connectivity index (χ4n) is 1.73. The molecule has 0 rings (SSSR count). The van der Waals surface area contributed by atoms with Gasteiger partial charge in [-0.1, -0.05) is 97.8 Å². The first-order valence-corrected chi connectivity index (χ1v) is 8.76. The molecule has 0 aliphatic rings. The van der Waals surface area contributed by atoms with E-state index in [-0.39, 0.29) is 0 Å². The zero-order valence-corrected chi connectivity index (χ0v) is 18.9. The molecule has 0 fully saturated rings. The fraction of sp³-hybridized carbons (Fsp3) is 0.739. The molecule has 0 aromatic carbocycles. The minimum absolute atomic E-state index is 0.306. The van der Waals surface area contributed by atoms with Gasteiger partial charge in [-0.3, -0.25) is 0 Å². The molecule has 0 nitrogen and oxygen atoms in total. The Morgan fingerprint density at radius 1 is 0.565 bits per heavy atom. The van der Waals surface area contributed by atoms with Gasteiger partial charge in [0.1, 0.15) is 0 Å². The molecule has 0 aromatic heterocycles. The van der Waals surface area contributed by atoms with Crippen molar-refractivity contribution < 1.29 is 0 Å². The van der Waals surface area contributed by atoms with Gasteiger partial charge in [-0.05, 0) is 50.9 Å². The summed E-state index contributed by atoms with van der Waals surface area (Å²) in [5.41, 5.74) is 5.07. The van der Waals surface area contributed by atoms with Crippen LogP contribution in [-0.4, -0.2) is 0 Å². The zero-order valence-electron chi connectivity index (χ0n) is 18.9. The number of hydrogen-bond donors (Lipinski definition) is 0. The Morgan fingerprint density at radius 3 is 0.739 bits per heavy atom. The lowest BCUT2D eigenvalue weighted by atomic mass is 9.89. The van der Waals surface area contributed by atoms with Crippen LogP contribution in [0.4, 0.5) is 0 Å². The van der Waals surface area contributed by atoms with Gasteiger partial charge in [0.15, 0.2) is 0 Å². The zero-order chi connectivity index (χ0) is 19.6. The first-order chi connectivity index (χ1) is 9.78. The lowest BCUT2D eigenvalue weighted by molar-refractivity contribution is 0.506. The maximum Gasteiger partial charge on any atom is -0.0178 e. The first-order valence-electron chi connectivity index (χ1n) is 8.76. The average Bonchev–Trinajstić information content (AvgIpc) is 2.07. The highest BCUT2D eigenvalue weighted by molar-refractivity contribution is 5.01. The van der Waals surface area contributed by atoms with Crippen LogP contribution in [0.2, 0.25) is 0 Å². The first kappa shape index (κ1) is 27.1. The van der Waals surface area contributed by atoms with Gasteiger partial charge in [-0.15, -0.1) is 0 Å². The second kappa shape index (κ2) is 10.9. The molecule has 23 heavy (non-hydrogen) atoms. The van der Waals surface area contributed by atoms with E-state index in [1.54, 1.807) is 0 Å². The smallest absolute Gasteiger partial charge is 0.0178 e. The van der Waals surface area contributed by atoms with Crippen LogP contribution in [0, 0.1) is 16.2 Å². The lowest BCUT2D eigenvalue weighted by Gasteiger charge is -2.16. The number of hydrogen-bond acceptors (Lipinski definition) is 0. The van der Waals surface area contributed by atoms with Crippen molar-refractivity contribution in [2.45, 2.75) is 96.9 Å². The summed E-state index contributed by atoms with van der Waals surface area (Å²) in [6, 6.07) is 0. The van der Waals surface area contributed by atoms with Crippen LogP contribution in [0.5, 0.6) is 0 Å². The van der Waals surface area contributed by atoms with E-state index < -0.39 is 0 Å². The van der Waals surface area contributed by atoms with Crippen molar-refractivity contribution in [2.75, 3.05) is 0 Å². The Morgan fingerprint density at radius 2 is 0.739 bits per heavy atom. The Balaban J connectivity index is -0.000000262. The molecule has 0 aliphatic carbocycles. The molecular weight excluding hydrogens is 276 g/mol. The molecule has 0 bridgehead atoms. The van der Waals surface area contributed by atoms with Crippen molar-refractivity contribution in [3.63, 3.8) is 0 Å². The van der Waals surface area contributed by atoms with E-state index in [1.165, 1.54) is 16.7 Å². The topological polar surface area (TPSA) is 0 Å². The number of allylic oxidation sites excluding steroid dienone is 5. The quantitative estimate of drug-likeness (QED) is 0.391. The molecule has 0 heterocycles. The minimum Gasteiger partial charge on any atom is -0.0996 e. The van der Waals surface area contributed by atoms with E-state index in [1.807, 2.05) is 0 Å². The SMILES string of the molecule is C=C(C)C(C)(C)C.CC(C)=CC(C)(C)C.CC(C)=CC(C)(C)C. The van der Waals surface area contributed by atoms with Gasteiger partial charge in [-0.2, -0.15) is 0 Å². The molecule has 0 saturated carbocycles. The predicted octanol–water partition coefficient (Wildman–Crippen LogP) is 8.61. The van der Waals surface area contributed by atoms with Crippen molar-refractivity contribution in [3.8, 4) is 0 Å². The highest BCUT2D eigenvalue weighted by Gasteiger charge is 2.08. The second-order valence-corrected chi connectivity index (χ2v) is 10.2. The van der Waals surface area contributed by atoms with Crippen LogP contribution in [0.3, 0.4) is 0 Å². The normalized spacial score (nSPS) is 11.2. The third-order valence-electron chi connectivity index (χ3n) is 2.72. The molecule has 0 unspecified atom stereocenters. The Kier molecular flexibility index (Phi) is 12.8. The molecule has 0 aliphatic heterocycles. The summed E-state index contributed by atoms with van der Waals surface area (Å²) in [5.74, 6) is 0. The van der Waals surface area contributed by atoms with Crippen molar-refractivity contribution in [3.05, 3.63) is 35.5 Å². The monoisotopic (exact) mass is 322 g/mol. The molecular formula is C23H46. The van der Waals surface area contributed by atoms with Gasteiger partial charge in [0.05, 0.1) is 0 Å². The molecule has 0 N–H and O–H groups in total. The van der Waals surface area contributed by atoms with Gasteiger partial charge < -0.3 is 0 Å². The highest BCUT2D eigenvalue weighted by atomic mass is 14.1. The van der Waals surface area contributed by atoms with Crippen molar-refractivity contribution >= 4 is 0 Å². The molecule has 0 atom stereocenters. The Hall–Kier alpha value is -0.780. The predicted molar refractivity (Wildman–Crippen MR) is 112 cm³/mol. The molecule has 0 spiro atoms. The van der Waals surface area contributed by atoms with Gasteiger partial charge in [-0.25, -0.2) is 0 Å². The molecule has 0 saturated heterocycles. The average molecular weight is 323 g/mol. The summed E-state index contributed by atoms with van der Waals surface area (Å²) in [4.78, 5) is 0. The van der Waals surface area contributed by atoms with Crippen LogP contribution in [0.15, 0.2) is 35.5 Å². The van der Waals surface area contributed by atoms with E-state index in [2.05, 4.69) is 116 Å². The molecule has 0 aromatic rings. The Labute approximate surface area is 149 Å². The third kappa shape index (κ3) is 33.8. The summed E-state index contributed by atoms with van der Waals surface area (Å²) in [6.07, 6.45) is 4.54. The van der Waals surface area contributed by atoms with E-state index in [0.717, 1.165) is 0 Å². The summed E-state index contributed by atoms with van der Waals surface area (Å²) in [5, 5.41) is 0. The van der Waals surface area contributed by atoms with Gasteiger partial charge in [0.2, 0.25) is 0 Å². The second-order valence-electron chi connectivity index (χ2n) is 10.2. The van der Waals surface area contributed by atoms with Gasteiger partial charge in [0, 0.05) is 0 Å². The number of rotatable bonds is 0. The molecule has 0 heteroatoms. The van der Waals surface area contributed by atoms with Crippen LogP contribution < -0.4 is 0 Å². The third-order valence-corrected chi connectivity index (χ3v) is 2.72. The minimum atomic E-state index is 0.306. The van der Waals surface area contributed by atoms with Crippen molar-refractivity contribution in [2.24, 2.45) is 16.2 Å². The van der Waals surface area contributed by atoms with Crippen LogP contribution in [0.25, 0.3) is 0 Å². The summed E-state index contributed by atoms with van der Waals surface area (Å²) < 4.78 is 0. The van der Waals surface area contributed by atoms with Crippen LogP contribution >= 0.6 is 0 Å². The van der Waals surface area contributed by atoms with Crippen LogP contribution in [0.1, 0.15) is 96.9 Å². The Bertz CT molecular complexity index is 345. The largest absolute Gasteiger partial charge is 0.0996 e. The van der Waals surface area contributed by atoms with E-state index in [0.29, 0.717) is 16.2 Å². The summed E-state index contributed by atoms with van der Waals surface area (Å²) >= 11 is 0. The van der Waals surface area contributed by atoms with E-state index in [9.17, 15) is 0 Å². The van der Waals surface area contributed by atoms with Crippen molar-refractivity contribution in [1.29, 1.82) is 0 Å². The van der Waals surface area contributed by atoms with Crippen molar-refractivity contribution in [1.82, 2.24) is 0 Å². The van der Waals surface area contributed by atoms with Gasteiger partial charge >= 0.3 is 0 Å². The molecule has 0 radical (unpaired) electrons. The van der Waals surface area contributed by atoms with Gasteiger partial charge in [0.25, 0.3) is 0 Å². The van der Waals surface area contributed by atoms with E-state index >= 15 is 0 Å². The maximum atomic E-state index is 3.83. The standard InChI is InChI=1S/2C8H16.C7H14/c2*1-7(2)6-8(3,4)5;1-6(2)7(3,4)5/h2*6H,1-5H3;1H2,2-5H3. The maximum absolute atomic E-state index is 3.83. The van der Waals surface area contributed by atoms with Crippen LogP contribution in [-0.2, 0) is 0 Å². The molecule has 138 valence electrons. The summed E-state index contributed by atoms with van der Waals surface area (Å²) in [6.45, 7) is 34.1. The molecule has 0 amide bonds.